The van der Waals surface area contributed by atoms with Gasteiger partial charge in [0.2, 0.25) is 5.91 Å². The Bertz CT molecular complexity index is 809. The molecule has 4 heteroatoms. The lowest BCUT2D eigenvalue weighted by Crippen LogP contribution is -2.28. The van der Waals surface area contributed by atoms with Crippen molar-refractivity contribution < 1.29 is 9.59 Å². The molecule has 0 radical (unpaired) electrons. The molecule has 4 nitrogen and oxygen atoms in total. The molecule has 0 aliphatic carbocycles. The maximum absolute atomic E-state index is 12.2. The highest BCUT2D eigenvalue weighted by Crippen LogP contribution is 2.18. The van der Waals surface area contributed by atoms with Crippen molar-refractivity contribution >= 4 is 17.5 Å². The van der Waals surface area contributed by atoms with E-state index in [4.69, 9.17) is 0 Å². The van der Waals surface area contributed by atoms with Crippen LogP contribution in [0.15, 0.2) is 54.6 Å². The summed E-state index contributed by atoms with van der Waals surface area (Å²) >= 11 is 0. The molecule has 2 aromatic rings. The number of nitrogens with one attached hydrogen (secondary N) is 2. The number of hydrogen-bond donors (Lipinski definition) is 2. The molecule has 0 atom stereocenters. The van der Waals surface area contributed by atoms with E-state index in [-0.39, 0.29) is 18.4 Å². The molecular formula is C21H22N2O2. The Morgan fingerprint density at radius 3 is 2.40 bits per heavy atom. The number of amides is 2. The van der Waals surface area contributed by atoms with E-state index in [2.05, 4.69) is 22.5 Å². The lowest BCUT2D eigenvalue weighted by Gasteiger charge is -2.17. The normalized spacial score (nSPS) is 10.4. The molecule has 0 aromatic heterocycles. The van der Waals surface area contributed by atoms with Crippen LogP contribution in [0.2, 0.25) is 0 Å². The van der Waals surface area contributed by atoms with E-state index in [0.717, 1.165) is 5.56 Å². The number of hydrogen-bond acceptors (Lipinski definition) is 2. The van der Waals surface area contributed by atoms with E-state index < -0.39 is 5.41 Å². The zero-order chi connectivity index (χ0) is 18.3. The Labute approximate surface area is 148 Å². The topological polar surface area (TPSA) is 58.2 Å². The summed E-state index contributed by atoms with van der Waals surface area (Å²) in [6.45, 7) is 5.77. The molecule has 0 bridgehead atoms. The van der Waals surface area contributed by atoms with Gasteiger partial charge >= 0.3 is 0 Å². The van der Waals surface area contributed by atoms with Crippen molar-refractivity contribution in [2.75, 3.05) is 11.9 Å². The first-order valence-electron chi connectivity index (χ1n) is 8.10. The third kappa shape index (κ3) is 5.82. The van der Waals surface area contributed by atoms with E-state index in [1.54, 1.807) is 24.3 Å². The number of carbonyl (C=O) groups excluding carboxylic acids is 2. The monoisotopic (exact) mass is 334 g/mol. The van der Waals surface area contributed by atoms with Crippen LogP contribution >= 0.6 is 0 Å². The molecule has 0 unspecified atom stereocenters. The number of benzene rings is 2. The molecule has 2 amide bonds. The smallest absolute Gasteiger partial charge is 0.252 e. The second-order valence-corrected chi connectivity index (χ2v) is 6.64. The Morgan fingerprint density at radius 1 is 1.00 bits per heavy atom. The van der Waals surface area contributed by atoms with E-state index in [0.29, 0.717) is 11.3 Å². The van der Waals surface area contributed by atoms with Crippen LogP contribution in [0.3, 0.4) is 0 Å². The standard InChI is InChI=1S/C21H22N2O2/c1-21(2,3)20(25)23-18-13-7-12-17(15-18)19(24)22-14-8-11-16-9-5-4-6-10-16/h4-7,9-10,12-13,15H,14H2,1-3H3,(H,22,24)(H,23,25). The van der Waals surface area contributed by atoms with Crippen molar-refractivity contribution in [1.29, 1.82) is 0 Å². The molecule has 0 spiro atoms. The number of carbonyl (C=O) groups is 2. The van der Waals surface area contributed by atoms with Gasteiger partial charge in [0.15, 0.2) is 0 Å². The van der Waals surface area contributed by atoms with Gasteiger partial charge in [-0.05, 0) is 30.3 Å². The van der Waals surface area contributed by atoms with E-state index in [1.165, 1.54) is 0 Å². The van der Waals surface area contributed by atoms with Crippen LogP contribution in [-0.2, 0) is 4.79 Å². The minimum atomic E-state index is -0.495. The van der Waals surface area contributed by atoms with Crippen molar-refractivity contribution in [3.8, 4) is 11.8 Å². The molecule has 0 aliphatic rings. The van der Waals surface area contributed by atoms with Gasteiger partial charge in [-0.15, -0.1) is 0 Å². The molecular weight excluding hydrogens is 312 g/mol. The predicted octanol–water partition coefficient (Wildman–Crippen LogP) is 3.45. The van der Waals surface area contributed by atoms with Crippen molar-refractivity contribution in [1.82, 2.24) is 5.32 Å². The average Bonchev–Trinajstić information content (AvgIpc) is 2.59. The molecule has 0 saturated carbocycles. The molecule has 0 heterocycles. The molecule has 128 valence electrons. The fourth-order valence-electron chi connectivity index (χ4n) is 1.95. The second-order valence-electron chi connectivity index (χ2n) is 6.64. The molecule has 0 fully saturated rings. The summed E-state index contributed by atoms with van der Waals surface area (Å²) in [5.74, 6) is 5.58. The quantitative estimate of drug-likeness (QED) is 0.845. The highest BCUT2D eigenvalue weighted by molar-refractivity contribution is 5.98. The Balaban J connectivity index is 1.95. The van der Waals surface area contributed by atoms with Gasteiger partial charge in [0.1, 0.15) is 0 Å². The Morgan fingerprint density at radius 2 is 1.72 bits per heavy atom. The van der Waals surface area contributed by atoms with Crippen molar-refractivity contribution in [3.05, 3.63) is 65.7 Å². The third-order valence-corrected chi connectivity index (χ3v) is 3.41. The highest BCUT2D eigenvalue weighted by atomic mass is 16.2. The van der Waals surface area contributed by atoms with Crippen LogP contribution in [0.25, 0.3) is 0 Å². The first-order chi connectivity index (χ1) is 11.9. The first kappa shape index (κ1) is 18.3. The molecule has 2 aromatic carbocycles. The van der Waals surface area contributed by atoms with Gasteiger partial charge in [-0.3, -0.25) is 9.59 Å². The van der Waals surface area contributed by atoms with E-state index in [1.807, 2.05) is 51.1 Å². The molecule has 0 saturated heterocycles. The summed E-state index contributed by atoms with van der Waals surface area (Å²) < 4.78 is 0. The SMILES string of the molecule is CC(C)(C)C(=O)Nc1cccc(C(=O)NCC#Cc2ccccc2)c1. The summed E-state index contributed by atoms with van der Waals surface area (Å²) in [7, 11) is 0. The largest absolute Gasteiger partial charge is 0.341 e. The van der Waals surface area contributed by atoms with Crippen LogP contribution in [-0.4, -0.2) is 18.4 Å². The average molecular weight is 334 g/mol. The fourth-order valence-corrected chi connectivity index (χ4v) is 1.95. The molecule has 2 N–H and O–H groups in total. The predicted molar refractivity (Wildman–Crippen MR) is 100 cm³/mol. The number of rotatable bonds is 3. The summed E-state index contributed by atoms with van der Waals surface area (Å²) in [6, 6.07) is 16.4. The fraction of sp³-hybridized carbons (Fsp3) is 0.238. The van der Waals surface area contributed by atoms with Crippen molar-refractivity contribution in [3.63, 3.8) is 0 Å². The maximum atomic E-state index is 12.2. The summed E-state index contributed by atoms with van der Waals surface area (Å²) in [4.78, 5) is 24.2. The van der Waals surface area contributed by atoms with Gasteiger partial charge in [0, 0.05) is 22.2 Å². The lowest BCUT2D eigenvalue weighted by molar-refractivity contribution is -0.123. The van der Waals surface area contributed by atoms with Crippen molar-refractivity contribution in [2.45, 2.75) is 20.8 Å². The van der Waals surface area contributed by atoms with Crippen molar-refractivity contribution in [2.24, 2.45) is 5.41 Å². The summed E-state index contributed by atoms with van der Waals surface area (Å²) in [6.07, 6.45) is 0. The Hall–Kier alpha value is -3.06. The first-order valence-corrected chi connectivity index (χ1v) is 8.10. The van der Waals surface area contributed by atoms with Gasteiger partial charge in [-0.1, -0.05) is 56.9 Å². The molecule has 25 heavy (non-hydrogen) atoms. The Kier molecular flexibility index (Phi) is 5.97. The van der Waals surface area contributed by atoms with Crippen LogP contribution in [0.4, 0.5) is 5.69 Å². The molecule has 0 aliphatic heterocycles. The summed E-state index contributed by atoms with van der Waals surface area (Å²) in [5, 5.41) is 5.57. The van der Waals surface area contributed by atoms with Gasteiger partial charge in [-0.2, -0.15) is 0 Å². The van der Waals surface area contributed by atoms with Gasteiger partial charge < -0.3 is 10.6 Å². The van der Waals surface area contributed by atoms with Crippen LogP contribution in [0.5, 0.6) is 0 Å². The minimum Gasteiger partial charge on any atom is -0.341 e. The van der Waals surface area contributed by atoms with E-state index >= 15 is 0 Å². The second kappa shape index (κ2) is 8.16. The third-order valence-electron chi connectivity index (χ3n) is 3.41. The molecule has 2 rings (SSSR count). The van der Waals surface area contributed by atoms with E-state index in [9.17, 15) is 9.59 Å². The minimum absolute atomic E-state index is 0.0983. The van der Waals surface area contributed by atoms with Crippen LogP contribution in [0, 0.1) is 17.3 Å². The van der Waals surface area contributed by atoms with Crippen LogP contribution < -0.4 is 10.6 Å². The van der Waals surface area contributed by atoms with Gasteiger partial charge in [0.25, 0.3) is 5.91 Å². The van der Waals surface area contributed by atoms with Gasteiger partial charge in [-0.25, -0.2) is 0 Å². The zero-order valence-electron chi connectivity index (χ0n) is 14.7. The zero-order valence-corrected chi connectivity index (χ0v) is 14.7. The number of anilines is 1. The lowest BCUT2D eigenvalue weighted by atomic mass is 9.95. The maximum Gasteiger partial charge on any atom is 0.252 e. The highest BCUT2D eigenvalue weighted by Gasteiger charge is 2.21. The van der Waals surface area contributed by atoms with Crippen LogP contribution in [0.1, 0.15) is 36.7 Å². The van der Waals surface area contributed by atoms with Gasteiger partial charge in [0.05, 0.1) is 6.54 Å². The summed E-state index contributed by atoms with van der Waals surface area (Å²) in [5.41, 5.74) is 1.49.